The zero-order valence-corrected chi connectivity index (χ0v) is 21.8. The lowest BCUT2D eigenvalue weighted by Gasteiger charge is -2.32. The third-order valence-electron chi connectivity index (χ3n) is 7.80. The van der Waals surface area contributed by atoms with Crippen LogP contribution in [0.3, 0.4) is 0 Å². The molecular weight excluding hydrogens is 470 g/mol. The van der Waals surface area contributed by atoms with E-state index in [1.54, 1.807) is 0 Å². The number of aromatic nitrogens is 2. The van der Waals surface area contributed by atoms with Gasteiger partial charge in [0.2, 0.25) is 0 Å². The summed E-state index contributed by atoms with van der Waals surface area (Å²) in [4.78, 5) is 27.9. The molecule has 2 amide bonds. The van der Waals surface area contributed by atoms with Gasteiger partial charge in [0.1, 0.15) is 5.65 Å². The molecule has 1 saturated heterocycles. The van der Waals surface area contributed by atoms with E-state index in [2.05, 4.69) is 52.6 Å². The van der Waals surface area contributed by atoms with Gasteiger partial charge in [0.25, 0.3) is 0 Å². The molecule has 190 valence electrons. The molecule has 1 atom stereocenters. The van der Waals surface area contributed by atoms with E-state index in [1.165, 1.54) is 33.7 Å². The van der Waals surface area contributed by atoms with E-state index < -0.39 is 0 Å². The molecule has 0 radical (unpaired) electrons. The number of carbonyl (C=O) groups excluding carboxylic acids is 1. The summed E-state index contributed by atoms with van der Waals surface area (Å²) < 4.78 is 5.48. The van der Waals surface area contributed by atoms with E-state index in [1.807, 2.05) is 22.4 Å². The van der Waals surface area contributed by atoms with Crippen LogP contribution in [-0.2, 0) is 11.3 Å². The first-order chi connectivity index (χ1) is 17.6. The van der Waals surface area contributed by atoms with Crippen molar-refractivity contribution in [2.75, 3.05) is 39.4 Å². The molecule has 0 spiro atoms. The SMILES string of the molecule is CC1CN(C(=O)NC2CCCC2)CC=C1c1c[nH]c2ncc(-c3ccc(CN4CCOCC4)s3)cc12. The lowest BCUT2D eigenvalue weighted by molar-refractivity contribution is 0.0346. The van der Waals surface area contributed by atoms with Crippen molar-refractivity contribution in [3.63, 3.8) is 0 Å². The predicted octanol–water partition coefficient (Wildman–Crippen LogP) is 5.11. The zero-order valence-electron chi connectivity index (χ0n) is 21.0. The Balaban J connectivity index is 1.19. The van der Waals surface area contributed by atoms with Crippen molar-refractivity contribution in [3.05, 3.63) is 47.1 Å². The molecule has 2 N–H and O–H groups in total. The molecule has 0 aromatic carbocycles. The van der Waals surface area contributed by atoms with E-state index in [9.17, 15) is 4.79 Å². The molecule has 8 heteroatoms. The largest absolute Gasteiger partial charge is 0.379 e. The summed E-state index contributed by atoms with van der Waals surface area (Å²) in [5.41, 5.74) is 4.56. The van der Waals surface area contributed by atoms with Crippen LogP contribution in [0.15, 0.2) is 36.7 Å². The number of amides is 2. The number of morpholine rings is 1. The number of H-pyrrole nitrogens is 1. The van der Waals surface area contributed by atoms with Crippen molar-refractivity contribution in [2.45, 2.75) is 45.2 Å². The van der Waals surface area contributed by atoms with Gasteiger partial charge in [-0.2, -0.15) is 0 Å². The maximum Gasteiger partial charge on any atom is 0.317 e. The van der Waals surface area contributed by atoms with E-state index in [0.717, 1.165) is 68.8 Å². The number of thiophene rings is 1. The predicted molar refractivity (Wildman–Crippen MR) is 145 cm³/mol. The number of aromatic amines is 1. The Bertz CT molecular complexity index is 1250. The molecule has 2 fully saturated rings. The standard InChI is InChI=1S/C28H35N5O2S/c1-19-17-33(28(34)31-21-4-2-3-5-21)9-8-23(19)25-16-30-27-24(25)14-20(15-29-27)26-7-6-22(36-26)18-32-10-12-35-13-11-32/h6-8,14-16,19,21H,2-5,9-13,17-18H2,1H3,(H,29,30)(H,31,34). The number of rotatable bonds is 5. The van der Waals surface area contributed by atoms with Crippen LogP contribution in [0, 0.1) is 5.92 Å². The van der Waals surface area contributed by atoms with E-state index in [0.29, 0.717) is 12.6 Å². The van der Waals surface area contributed by atoms with Crippen molar-refractivity contribution in [1.82, 2.24) is 25.1 Å². The fourth-order valence-electron chi connectivity index (χ4n) is 5.77. The summed E-state index contributed by atoms with van der Waals surface area (Å²) in [5, 5.41) is 4.39. The van der Waals surface area contributed by atoms with Crippen molar-refractivity contribution in [3.8, 4) is 10.4 Å². The number of hydrogen-bond donors (Lipinski definition) is 2. The molecule has 3 aromatic heterocycles. The molecule has 1 saturated carbocycles. The summed E-state index contributed by atoms with van der Waals surface area (Å²) in [6.45, 7) is 8.23. The Kier molecular flexibility index (Phi) is 6.82. The second kappa shape index (κ2) is 10.4. The van der Waals surface area contributed by atoms with Gasteiger partial charge in [0.15, 0.2) is 0 Å². The second-order valence-electron chi connectivity index (χ2n) is 10.4. The van der Waals surface area contributed by atoms with Gasteiger partial charge in [0, 0.05) is 77.4 Å². The lowest BCUT2D eigenvalue weighted by atomic mass is 9.90. The van der Waals surface area contributed by atoms with Gasteiger partial charge in [0.05, 0.1) is 13.2 Å². The van der Waals surface area contributed by atoms with Crippen molar-refractivity contribution in [1.29, 1.82) is 0 Å². The molecule has 2 aliphatic heterocycles. The summed E-state index contributed by atoms with van der Waals surface area (Å²) >= 11 is 1.85. The summed E-state index contributed by atoms with van der Waals surface area (Å²) in [7, 11) is 0. The van der Waals surface area contributed by atoms with Gasteiger partial charge >= 0.3 is 6.03 Å². The highest BCUT2D eigenvalue weighted by Gasteiger charge is 2.27. The molecule has 6 rings (SSSR count). The number of urea groups is 1. The number of ether oxygens (including phenoxy) is 1. The Hall–Kier alpha value is -2.68. The fourth-order valence-corrected chi connectivity index (χ4v) is 6.80. The number of carbonyl (C=O) groups is 1. The van der Waals surface area contributed by atoms with Crippen LogP contribution in [-0.4, -0.2) is 71.2 Å². The molecule has 3 aromatic rings. The number of pyridine rings is 1. The van der Waals surface area contributed by atoms with Crippen LogP contribution in [0.4, 0.5) is 4.79 Å². The number of fused-ring (bicyclic) bond motifs is 1. The van der Waals surface area contributed by atoms with E-state index in [-0.39, 0.29) is 11.9 Å². The number of nitrogens with one attached hydrogen (secondary N) is 2. The van der Waals surface area contributed by atoms with E-state index >= 15 is 0 Å². The molecular formula is C28H35N5O2S. The number of hydrogen-bond acceptors (Lipinski definition) is 5. The van der Waals surface area contributed by atoms with Crippen LogP contribution in [0.2, 0.25) is 0 Å². The van der Waals surface area contributed by atoms with Crippen LogP contribution in [0.25, 0.3) is 27.0 Å². The van der Waals surface area contributed by atoms with Crippen LogP contribution >= 0.6 is 11.3 Å². The minimum atomic E-state index is 0.0810. The molecule has 5 heterocycles. The highest BCUT2D eigenvalue weighted by Crippen LogP contribution is 2.36. The molecule has 0 bridgehead atoms. The average molecular weight is 506 g/mol. The third kappa shape index (κ3) is 4.94. The minimum absolute atomic E-state index is 0.0810. The first-order valence-electron chi connectivity index (χ1n) is 13.3. The fraction of sp³-hybridized carbons (Fsp3) is 0.500. The van der Waals surface area contributed by atoms with Crippen LogP contribution < -0.4 is 5.32 Å². The number of nitrogens with zero attached hydrogens (tertiary/aromatic N) is 3. The normalized spacial score (nSPS) is 21.8. The molecule has 3 aliphatic rings. The van der Waals surface area contributed by atoms with E-state index in [4.69, 9.17) is 9.72 Å². The molecule has 7 nitrogen and oxygen atoms in total. The second-order valence-corrected chi connectivity index (χ2v) is 11.5. The quantitative estimate of drug-likeness (QED) is 0.505. The maximum absolute atomic E-state index is 12.8. The summed E-state index contributed by atoms with van der Waals surface area (Å²) in [6, 6.07) is 7.17. The van der Waals surface area contributed by atoms with Crippen molar-refractivity contribution < 1.29 is 9.53 Å². The summed E-state index contributed by atoms with van der Waals surface area (Å²) in [6.07, 6.45) is 10.9. The zero-order chi connectivity index (χ0) is 24.5. The topological polar surface area (TPSA) is 73.5 Å². The van der Waals surface area contributed by atoms with Gasteiger partial charge in [-0.3, -0.25) is 4.90 Å². The highest BCUT2D eigenvalue weighted by atomic mass is 32.1. The Morgan fingerprint density at radius 2 is 2.08 bits per heavy atom. The van der Waals surface area contributed by atoms with Crippen molar-refractivity contribution in [2.24, 2.45) is 5.92 Å². The first-order valence-corrected chi connectivity index (χ1v) is 14.1. The van der Waals surface area contributed by atoms with Gasteiger partial charge in [-0.15, -0.1) is 11.3 Å². The third-order valence-corrected chi connectivity index (χ3v) is 8.92. The van der Waals surface area contributed by atoms with Crippen LogP contribution in [0.1, 0.15) is 43.0 Å². The summed E-state index contributed by atoms with van der Waals surface area (Å²) in [5.74, 6) is 0.262. The minimum Gasteiger partial charge on any atom is -0.379 e. The first kappa shape index (κ1) is 23.7. The van der Waals surface area contributed by atoms with Gasteiger partial charge in [-0.25, -0.2) is 9.78 Å². The monoisotopic (exact) mass is 505 g/mol. The smallest absolute Gasteiger partial charge is 0.317 e. The molecule has 1 aliphatic carbocycles. The van der Waals surface area contributed by atoms with Gasteiger partial charge in [-0.05, 0) is 42.5 Å². The Morgan fingerprint density at radius 3 is 2.89 bits per heavy atom. The average Bonchev–Trinajstić information content (AvgIpc) is 3.66. The van der Waals surface area contributed by atoms with Crippen molar-refractivity contribution >= 4 is 34.0 Å². The molecule has 36 heavy (non-hydrogen) atoms. The van der Waals surface area contributed by atoms with Gasteiger partial charge < -0.3 is 19.9 Å². The Labute approximate surface area is 216 Å². The maximum atomic E-state index is 12.8. The lowest BCUT2D eigenvalue weighted by Crippen LogP contribution is -2.47. The molecule has 1 unspecified atom stereocenters. The highest BCUT2D eigenvalue weighted by molar-refractivity contribution is 7.15. The van der Waals surface area contributed by atoms with Gasteiger partial charge in [-0.1, -0.05) is 25.8 Å². The Morgan fingerprint density at radius 1 is 1.25 bits per heavy atom. The van der Waals surface area contributed by atoms with Crippen LogP contribution in [0.5, 0.6) is 0 Å².